The van der Waals surface area contributed by atoms with Gasteiger partial charge in [0.05, 0.1) is 5.92 Å². The molecule has 0 radical (unpaired) electrons. The third-order valence-corrected chi connectivity index (χ3v) is 3.73. The first-order valence-corrected chi connectivity index (χ1v) is 7.58. The zero-order valence-electron chi connectivity index (χ0n) is 13.3. The Morgan fingerprint density at radius 2 is 2.05 bits per heavy atom. The second-order valence-electron chi connectivity index (χ2n) is 6.09. The molecule has 0 aliphatic carbocycles. The van der Waals surface area contributed by atoms with Crippen LogP contribution in [-0.2, 0) is 9.59 Å². The largest absolute Gasteiger partial charge is 0.342 e. The van der Waals surface area contributed by atoms with Crippen molar-refractivity contribution in [1.82, 2.24) is 9.80 Å². The summed E-state index contributed by atoms with van der Waals surface area (Å²) >= 11 is 0. The van der Waals surface area contributed by atoms with Crippen LogP contribution in [-0.4, -0.2) is 47.8 Å². The number of hydrogen-bond acceptors (Lipinski definition) is 2. The molecule has 2 amide bonds. The summed E-state index contributed by atoms with van der Waals surface area (Å²) in [6.45, 7) is 14.3. The molecule has 1 rings (SSSR count). The van der Waals surface area contributed by atoms with Crippen molar-refractivity contribution >= 4 is 11.8 Å². The molecular weight excluding hydrogens is 252 g/mol. The molecule has 114 valence electrons. The van der Waals surface area contributed by atoms with Gasteiger partial charge in [-0.1, -0.05) is 26.0 Å². The van der Waals surface area contributed by atoms with Gasteiger partial charge in [-0.3, -0.25) is 9.59 Å². The van der Waals surface area contributed by atoms with Crippen LogP contribution in [0.1, 0.15) is 40.5 Å². The van der Waals surface area contributed by atoms with E-state index < -0.39 is 0 Å². The SMILES string of the molecule is C=C(C)CN(CC)C(=O)[C@H]1CCCN(C(=O)C(C)C)C1. The molecule has 0 aromatic rings. The number of amides is 2. The quantitative estimate of drug-likeness (QED) is 0.725. The van der Waals surface area contributed by atoms with Crippen LogP contribution in [0.2, 0.25) is 0 Å². The Hall–Kier alpha value is -1.32. The molecular formula is C16H28N2O2. The number of piperidine rings is 1. The van der Waals surface area contributed by atoms with Gasteiger partial charge in [0.1, 0.15) is 0 Å². The lowest BCUT2D eigenvalue weighted by atomic mass is 9.95. The van der Waals surface area contributed by atoms with Crippen molar-refractivity contribution in [3.05, 3.63) is 12.2 Å². The van der Waals surface area contributed by atoms with E-state index in [1.165, 1.54) is 0 Å². The van der Waals surface area contributed by atoms with Crippen LogP contribution in [0.4, 0.5) is 0 Å². The van der Waals surface area contributed by atoms with Crippen molar-refractivity contribution in [3.63, 3.8) is 0 Å². The third kappa shape index (κ3) is 4.36. The minimum Gasteiger partial charge on any atom is -0.342 e. The molecule has 1 heterocycles. The molecule has 1 aliphatic rings. The van der Waals surface area contributed by atoms with Crippen LogP contribution in [0.3, 0.4) is 0 Å². The lowest BCUT2D eigenvalue weighted by Gasteiger charge is -2.35. The van der Waals surface area contributed by atoms with E-state index in [0.29, 0.717) is 19.6 Å². The Balaban J connectivity index is 2.68. The minimum absolute atomic E-state index is 0.00144. The first-order chi connectivity index (χ1) is 9.36. The summed E-state index contributed by atoms with van der Waals surface area (Å²) in [7, 11) is 0. The van der Waals surface area contributed by atoms with Gasteiger partial charge in [-0.05, 0) is 26.7 Å². The van der Waals surface area contributed by atoms with Gasteiger partial charge < -0.3 is 9.80 Å². The first-order valence-electron chi connectivity index (χ1n) is 7.58. The fraction of sp³-hybridized carbons (Fsp3) is 0.750. The van der Waals surface area contributed by atoms with E-state index in [0.717, 1.165) is 25.0 Å². The Morgan fingerprint density at radius 1 is 1.40 bits per heavy atom. The van der Waals surface area contributed by atoms with E-state index in [9.17, 15) is 9.59 Å². The van der Waals surface area contributed by atoms with Crippen molar-refractivity contribution in [3.8, 4) is 0 Å². The van der Waals surface area contributed by atoms with Crippen LogP contribution in [0, 0.1) is 11.8 Å². The monoisotopic (exact) mass is 280 g/mol. The summed E-state index contributed by atoms with van der Waals surface area (Å²) in [5.41, 5.74) is 0.992. The van der Waals surface area contributed by atoms with Gasteiger partial charge >= 0.3 is 0 Å². The fourth-order valence-electron chi connectivity index (χ4n) is 2.67. The van der Waals surface area contributed by atoms with Crippen molar-refractivity contribution in [1.29, 1.82) is 0 Å². The number of rotatable bonds is 5. The molecule has 0 spiro atoms. The van der Waals surface area contributed by atoms with Gasteiger partial charge in [0, 0.05) is 32.1 Å². The topological polar surface area (TPSA) is 40.6 Å². The molecule has 0 aromatic carbocycles. The molecule has 0 bridgehead atoms. The third-order valence-electron chi connectivity index (χ3n) is 3.73. The summed E-state index contributed by atoms with van der Waals surface area (Å²) < 4.78 is 0. The fourth-order valence-corrected chi connectivity index (χ4v) is 2.67. The maximum absolute atomic E-state index is 12.5. The minimum atomic E-state index is -0.0502. The van der Waals surface area contributed by atoms with Crippen molar-refractivity contribution in [2.24, 2.45) is 11.8 Å². The molecule has 0 N–H and O–H groups in total. The van der Waals surface area contributed by atoms with E-state index >= 15 is 0 Å². The van der Waals surface area contributed by atoms with Gasteiger partial charge in [0.2, 0.25) is 11.8 Å². The van der Waals surface area contributed by atoms with Crippen molar-refractivity contribution in [2.75, 3.05) is 26.2 Å². The van der Waals surface area contributed by atoms with Crippen LogP contribution in [0.15, 0.2) is 12.2 Å². The van der Waals surface area contributed by atoms with E-state index in [2.05, 4.69) is 6.58 Å². The van der Waals surface area contributed by atoms with E-state index in [-0.39, 0.29) is 23.7 Å². The van der Waals surface area contributed by atoms with E-state index in [1.807, 2.05) is 37.5 Å². The second-order valence-corrected chi connectivity index (χ2v) is 6.09. The van der Waals surface area contributed by atoms with Gasteiger partial charge in [-0.2, -0.15) is 0 Å². The van der Waals surface area contributed by atoms with Crippen LogP contribution in [0.5, 0.6) is 0 Å². The van der Waals surface area contributed by atoms with Crippen LogP contribution < -0.4 is 0 Å². The second kappa shape index (κ2) is 7.46. The number of carbonyl (C=O) groups is 2. The smallest absolute Gasteiger partial charge is 0.227 e. The van der Waals surface area contributed by atoms with Crippen molar-refractivity contribution in [2.45, 2.75) is 40.5 Å². The van der Waals surface area contributed by atoms with E-state index in [4.69, 9.17) is 0 Å². The maximum atomic E-state index is 12.5. The maximum Gasteiger partial charge on any atom is 0.227 e. The Kier molecular flexibility index (Phi) is 6.24. The lowest BCUT2D eigenvalue weighted by Crippen LogP contribution is -2.48. The summed E-state index contributed by atoms with van der Waals surface area (Å²) in [6.07, 6.45) is 1.80. The number of carbonyl (C=O) groups excluding carboxylic acids is 2. The highest BCUT2D eigenvalue weighted by molar-refractivity contribution is 5.82. The highest BCUT2D eigenvalue weighted by Crippen LogP contribution is 2.20. The van der Waals surface area contributed by atoms with Gasteiger partial charge in [0.25, 0.3) is 0 Å². The van der Waals surface area contributed by atoms with Crippen molar-refractivity contribution < 1.29 is 9.59 Å². The summed E-state index contributed by atoms with van der Waals surface area (Å²) in [5.74, 6) is 0.273. The molecule has 4 nitrogen and oxygen atoms in total. The number of hydrogen-bond donors (Lipinski definition) is 0. The summed E-state index contributed by atoms with van der Waals surface area (Å²) in [6, 6.07) is 0. The van der Waals surface area contributed by atoms with E-state index in [1.54, 1.807) is 0 Å². The Labute approximate surface area is 122 Å². The molecule has 20 heavy (non-hydrogen) atoms. The van der Waals surface area contributed by atoms with Crippen LogP contribution in [0.25, 0.3) is 0 Å². The van der Waals surface area contributed by atoms with Gasteiger partial charge in [-0.15, -0.1) is 0 Å². The number of likely N-dealkylation sites (N-methyl/N-ethyl adjacent to an activating group) is 1. The average Bonchev–Trinajstić information content (AvgIpc) is 2.42. The zero-order valence-corrected chi connectivity index (χ0v) is 13.3. The van der Waals surface area contributed by atoms with Crippen LogP contribution >= 0.6 is 0 Å². The molecule has 4 heteroatoms. The van der Waals surface area contributed by atoms with Gasteiger partial charge in [-0.25, -0.2) is 0 Å². The molecule has 1 atom stereocenters. The zero-order chi connectivity index (χ0) is 15.3. The lowest BCUT2D eigenvalue weighted by molar-refractivity contribution is -0.142. The Bertz CT molecular complexity index is 377. The first kappa shape index (κ1) is 16.7. The highest BCUT2D eigenvalue weighted by Gasteiger charge is 2.31. The normalized spacial score (nSPS) is 19.1. The average molecular weight is 280 g/mol. The predicted molar refractivity (Wildman–Crippen MR) is 81.2 cm³/mol. The molecule has 0 unspecified atom stereocenters. The molecule has 0 aromatic heterocycles. The molecule has 0 saturated carbocycles. The summed E-state index contributed by atoms with van der Waals surface area (Å²) in [4.78, 5) is 28.3. The highest BCUT2D eigenvalue weighted by atomic mass is 16.2. The molecule has 1 fully saturated rings. The predicted octanol–water partition coefficient (Wildman–Crippen LogP) is 2.31. The Morgan fingerprint density at radius 3 is 2.55 bits per heavy atom. The molecule has 1 saturated heterocycles. The van der Waals surface area contributed by atoms with Gasteiger partial charge in [0.15, 0.2) is 0 Å². The molecule has 1 aliphatic heterocycles. The number of nitrogens with zero attached hydrogens (tertiary/aromatic N) is 2. The number of likely N-dealkylation sites (tertiary alicyclic amines) is 1. The summed E-state index contributed by atoms with van der Waals surface area (Å²) in [5, 5.41) is 0. The standard InChI is InChI=1S/C16H28N2O2/c1-6-17(10-12(2)3)16(20)14-8-7-9-18(11-14)15(19)13(4)5/h13-14H,2,6-11H2,1,3-5H3/t14-/m0/s1.